The van der Waals surface area contributed by atoms with Gasteiger partial charge in [-0.15, -0.1) is 0 Å². The van der Waals surface area contributed by atoms with Crippen LogP contribution in [0.5, 0.6) is 0 Å². The van der Waals surface area contributed by atoms with Crippen molar-refractivity contribution in [2.75, 3.05) is 11.9 Å². The van der Waals surface area contributed by atoms with Crippen LogP contribution in [0.3, 0.4) is 0 Å². The third-order valence-corrected chi connectivity index (χ3v) is 3.70. The van der Waals surface area contributed by atoms with Crippen molar-refractivity contribution in [3.8, 4) is 0 Å². The maximum atomic E-state index is 12.3. The Bertz CT molecular complexity index is 626. The molecule has 1 amide bonds. The van der Waals surface area contributed by atoms with Crippen LogP contribution in [0.25, 0.3) is 0 Å². The highest BCUT2D eigenvalue weighted by Crippen LogP contribution is 2.22. The molecule has 1 aliphatic heterocycles. The molecule has 0 saturated carbocycles. The van der Waals surface area contributed by atoms with Crippen LogP contribution in [0.4, 0.5) is 18.9 Å². The van der Waals surface area contributed by atoms with E-state index < -0.39 is 18.0 Å². The zero-order chi connectivity index (χ0) is 17.0. The van der Waals surface area contributed by atoms with Crippen LogP contribution in [0, 0.1) is 6.92 Å². The number of halogens is 3. The SMILES string of the molecule is Cc1ccccc1NC(=O)C1CCCN1/C=C/C(=O)C(F)(F)F. The third-order valence-electron chi connectivity index (χ3n) is 3.70. The topological polar surface area (TPSA) is 49.4 Å². The zero-order valence-corrected chi connectivity index (χ0v) is 12.6. The number of alkyl halides is 3. The van der Waals surface area contributed by atoms with E-state index in [0.29, 0.717) is 31.1 Å². The maximum absolute atomic E-state index is 12.3. The maximum Gasteiger partial charge on any atom is 0.454 e. The molecule has 1 aromatic rings. The first-order valence-corrected chi connectivity index (χ1v) is 7.20. The van der Waals surface area contributed by atoms with E-state index in [4.69, 9.17) is 0 Å². The number of carbonyl (C=O) groups is 2. The van der Waals surface area contributed by atoms with Crippen molar-refractivity contribution >= 4 is 17.4 Å². The molecule has 0 bridgehead atoms. The Morgan fingerprint density at radius 1 is 1.30 bits per heavy atom. The summed E-state index contributed by atoms with van der Waals surface area (Å²) >= 11 is 0. The molecule has 23 heavy (non-hydrogen) atoms. The summed E-state index contributed by atoms with van der Waals surface area (Å²) in [4.78, 5) is 24.7. The highest BCUT2D eigenvalue weighted by molar-refractivity contribution is 5.96. The molecule has 1 N–H and O–H groups in total. The number of allylic oxidation sites excluding steroid dienone is 1. The van der Waals surface area contributed by atoms with Gasteiger partial charge in [0, 0.05) is 24.5 Å². The monoisotopic (exact) mass is 326 g/mol. The molecule has 1 heterocycles. The summed E-state index contributed by atoms with van der Waals surface area (Å²) in [5, 5.41) is 2.78. The molecule has 0 aliphatic carbocycles. The molecule has 4 nitrogen and oxygen atoms in total. The molecule has 7 heteroatoms. The number of ketones is 1. The summed E-state index contributed by atoms with van der Waals surface area (Å²) in [5.41, 5.74) is 1.56. The first-order valence-electron chi connectivity index (χ1n) is 7.20. The number of benzene rings is 1. The standard InChI is InChI=1S/C16H17F3N2O2/c1-11-5-2-3-6-12(11)20-15(23)13-7-4-9-21(13)10-8-14(22)16(17,18)19/h2-3,5-6,8,10,13H,4,7,9H2,1H3,(H,20,23)/b10-8+. The van der Waals surface area contributed by atoms with Gasteiger partial charge < -0.3 is 10.2 Å². The van der Waals surface area contributed by atoms with E-state index in [2.05, 4.69) is 5.32 Å². The van der Waals surface area contributed by atoms with Gasteiger partial charge in [0.25, 0.3) is 5.78 Å². The Hall–Kier alpha value is -2.31. The second-order valence-electron chi connectivity index (χ2n) is 5.38. The van der Waals surface area contributed by atoms with Gasteiger partial charge in [-0.3, -0.25) is 9.59 Å². The number of nitrogens with zero attached hydrogens (tertiary/aromatic N) is 1. The molecular formula is C16H17F3N2O2. The van der Waals surface area contributed by atoms with Gasteiger partial charge in [-0.25, -0.2) is 0 Å². The quantitative estimate of drug-likeness (QED) is 0.865. The number of hydrogen-bond acceptors (Lipinski definition) is 3. The van der Waals surface area contributed by atoms with Crippen molar-refractivity contribution in [1.29, 1.82) is 0 Å². The van der Waals surface area contributed by atoms with E-state index in [1.54, 1.807) is 12.1 Å². The summed E-state index contributed by atoms with van der Waals surface area (Å²) < 4.78 is 36.6. The predicted octanol–water partition coefficient (Wildman–Crippen LogP) is 3.04. The van der Waals surface area contributed by atoms with Crippen molar-refractivity contribution in [3.63, 3.8) is 0 Å². The van der Waals surface area contributed by atoms with Gasteiger partial charge in [-0.1, -0.05) is 18.2 Å². The number of amides is 1. The Morgan fingerprint density at radius 2 is 2.00 bits per heavy atom. The van der Waals surface area contributed by atoms with Crippen molar-refractivity contribution in [3.05, 3.63) is 42.1 Å². The van der Waals surface area contributed by atoms with Crippen LogP contribution < -0.4 is 5.32 Å². The Morgan fingerprint density at radius 3 is 2.65 bits per heavy atom. The molecule has 124 valence electrons. The van der Waals surface area contributed by atoms with Crippen LogP contribution in [0.15, 0.2) is 36.5 Å². The van der Waals surface area contributed by atoms with Crippen LogP contribution in [0.2, 0.25) is 0 Å². The smallest absolute Gasteiger partial charge is 0.365 e. The second-order valence-corrected chi connectivity index (χ2v) is 5.38. The van der Waals surface area contributed by atoms with Crippen LogP contribution >= 0.6 is 0 Å². The fourth-order valence-electron chi connectivity index (χ4n) is 2.44. The van der Waals surface area contributed by atoms with Gasteiger partial charge >= 0.3 is 6.18 Å². The first-order chi connectivity index (χ1) is 10.8. The largest absolute Gasteiger partial charge is 0.454 e. The van der Waals surface area contributed by atoms with Gasteiger partial charge in [0.2, 0.25) is 5.91 Å². The molecule has 2 rings (SSSR count). The molecule has 1 fully saturated rings. The molecule has 1 aromatic carbocycles. The second kappa shape index (κ2) is 6.85. The van der Waals surface area contributed by atoms with E-state index >= 15 is 0 Å². The molecule has 0 aromatic heterocycles. The number of nitrogens with one attached hydrogen (secondary N) is 1. The zero-order valence-electron chi connectivity index (χ0n) is 12.6. The highest BCUT2D eigenvalue weighted by Gasteiger charge is 2.37. The van der Waals surface area contributed by atoms with Gasteiger partial charge in [0.05, 0.1) is 0 Å². The number of para-hydroxylation sites is 1. The van der Waals surface area contributed by atoms with E-state index in [0.717, 1.165) is 11.8 Å². The summed E-state index contributed by atoms with van der Waals surface area (Å²) in [6.45, 7) is 2.29. The average Bonchev–Trinajstić information content (AvgIpc) is 2.94. The summed E-state index contributed by atoms with van der Waals surface area (Å²) in [6, 6.07) is 6.67. The van der Waals surface area contributed by atoms with Gasteiger partial charge in [0.1, 0.15) is 6.04 Å². The number of hydrogen-bond donors (Lipinski definition) is 1. The van der Waals surface area contributed by atoms with Gasteiger partial charge in [-0.05, 0) is 31.4 Å². The summed E-state index contributed by atoms with van der Waals surface area (Å²) in [5.74, 6) is -2.22. The van der Waals surface area contributed by atoms with Crippen molar-refractivity contribution in [2.24, 2.45) is 0 Å². The molecule has 0 spiro atoms. The molecule has 1 unspecified atom stereocenters. The molecule has 1 atom stereocenters. The number of aryl methyl sites for hydroxylation is 1. The molecule has 1 saturated heterocycles. The van der Waals surface area contributed by atoms with E-state index in [1.807, 2.05) is 19.1 Å². The number of carbonyl (C=O) groups excluding carboxylic acids is 2. The molecular weight excluding hydrogens is 309 g/mol. The minimum Gasteiger partial charge on any atom is -0.365 e. The number of anilines is 1. The highest BCUT2D eigenvalue weighted by atomic mass is 19.4. The van der Waals surface area contributed by atoms with E-state index in [-0.39, 0.29) is 5.91 Å². The number of likely N-dealkylation sites (tertiary alicyclic amines) is 1. The Kier molecular flexibility index (Phi) is 5.08. The van der Waals surface area contributed by atoms with Crippen molar-refractivity contribution in [2.45, 2.75) is 32.0 Å². The first kappa shape index (κ1) is 17.1. The van der Waals surface area contributed by atoms with Crippen molar-refractivity contribution < 1.29 is 22.8 Å². The molecule has 0 radical (unpaired) electrons. The lowest BCUT2D eigenvalue weighted by Crippen LogP contribution is -2.37. The summed E-state index contributed by atoms with van der Waals surface area (Å²) in [6.07, 6.45) is -2.15. The number of rotatable bonds is 4. The van der Waals surface area contributed by atoms with Crippen molar-refractivity contribution in [1.82, 2.24) is 4.90 Å². The average molecular weight is 326 g/mol. The minimum atomic E-state index is -4.89. The lowest BCUT2D eigenvalue weighted by molar-refractivity contribution is -0.165. The van der Waals surface area contributed by atoms with E-state index in [1.165, 1.54) is 4.90 Å². The van der Waals surface area contributed by atoms with Crippen LogP contribution in [-0.4, -0.2) is 35.4 Å². The lowest BCUT2D eigenvalue weighted by atomic mass is 10.1. The van der Waals surface area contributed by atoms with Crippen LogP contribution in [-0.2, 0) is 9.59 Å². The fraction of sp³-hybridized carbons (Fsp3) is 0.375. The Balaban J connectivity index is 2.04. The fourth-order valence-corrected chi connectivity index (χ4v) is 2.44. The Labute approximate surface area is 132 Å². The van der Waals surface area contributed by atoms with Gasteiger partial charge in [0.15, 0.2) is 0 Å². The molecule has 1 aliphatic rings. The van der Waals surface area contributed by atoms with Gasteiger partial charge in [-0.2, -0.15) is 13.2 Å². The predicted molar refractivity (Wildman–Crippen MR) is 79.7 cm³/mol. The summed E-state index contributed by atoms with van der Waals surface area (Å²) in [7, 11) is 0. The third kappa shape index (κ3) is 4.34. The normalized spacial score (nSPS) is 18.4. The van der Waals surface area contributed by atoms with Crippen LogP contribution in [0.1, 0.15) is 18.4 Å². The lowest BCUT2D eigenvalue weighted by Gasteiger charge is -2.22. The van der Waals surface area contributed by atoms with E-state index in [9.17, 15) is 22.8 Å². The minimum absolute atomic E-state index is 0.291.